The van der Waals surface area contributed by atoms with Crippen molar-refractivity contribution >= 4 is 5.91 Å². The predicted octanol–water partition coefficient (Wildman–Crippen LogP) is 2.86. The van der Waals surface area contributed by atoms with Gasteiger partial charge < -0.3 is 10.2 Å². The van der Waals surface area contributed by atoms with E-state index >= 15 is 0 Å². The van der Waals surface area contributed by atoms with Gasteiger partial charge in [0.15, 0.2) is 0 Å². The number of amides is 1. The Kier molecular flexibility index (Phi) is 4.68. The van der Waals surface area contributed by atoms with E-state index in [0.717, 1.165) is 32.4 Å². The van der Waals surface area contributed by atoms with Crippen LogP contribution in [0.25, 0.3) is 0 Å². The molecule has 0 radical (unpaired) electrons. The highest BCUT2D eigenvalue weighted by Gasteiger charge is 2.37. The third-order valence-electron chi connectivity index (χ3n) is 5.15. The minimum Gasteiger partial charge on any atom is -0.342 e. The number of piperidine rings is 1. The first kappa shape index (κ1) is 16.0. The minimum absolute atomic E-state index is 0.251. The highest BCUT2D eigenvalue weighted by Crippen LogP contribution is 2.32. The monoisotopic (exact) mass is 311 g/mol. The normalized spacial score (nSPS) is 25.7. The van der Waals surface area contributed by atoms with Gasteiger partial charge in [0.25, 0.3) is 0 Å². The van der Waals surface area contributed by atoms with Gasteiger partial charge in [0.2, 0.25) is 5.91 Å². The van der Waals surface area contributed by atoms with E-state index in [0.29, 0.717) is 29.3 Å². The molecule has 1 heterocycles. The first-order valence-corrected chi connectivity index (χ1v) is 8.63. The van der Waals surface area contributed by atoms with Gasteiger partial charge in [0, 0.05) is 31.1 Å². The molecule has 122 valence electrons. The van der Waals surface area contributed by atoms with Crippen molar-refractivity contribution in [3.8, 4) is 6.07 Å². The van der Waals surface area contributed by atoms with Crippen molar-refractivity contribution in [3.63, 3.8) is 0 Å². The van der Waals surface area contributed by atoms with E-state index < -0.39 is 0 Å². The number of benzene rings is 1. The Balaban J connectivity index is 1.55. The second kappa shape index (κ2) is 6.72. The first-order chi connectivity index (χ1) is 11.1. The van der Waals surface area contributed by atoms with Crippen LogP contribution in [0.5, 0.6) is 0 Å². The Morgan fingerprint density at radius 1 is 1.30 bits per heavy atom. The van der Waals surface area contributed by atoms with E-state index in [-0.39, 0.29) is 6.04 Å². The van der Waals surface area contributed by atoms with Crippen LogP contribution in [-0.2, 0) is 4.79 Å². The zero-order chi connectivity index (χ0) is 16.4. The fraction of sp³-hybridized carbons (Fsp3) is 0.579. The van der Waals surface area contributed by atoms with Gasteiger partial charge in [-0.25, -0.2) is 0 Å². The summed E-state index contributed by atoms with van der Waals surface area (Å²) in [6, 6.07) is 10.6. The molecule has 1 saturated carbocycles. The van der Waals surface area contributed by atoms with E-state index in [4.69, 9.17) is 5.26 Å². The molecule has 1 aliphatic carbocycles. The highest BCUT2D eigenvalue weighted by atomic mass is 16.2. The van der Waals surface area contributed by atoms with Gasteiger partial charge in [-0.3, -0.25) is 4.79 Å². The van der Waals surface area contributed by atoms with Gasteiger partial charge in [-0.05, 0) is 49.8 Å². The molecular formula is C19H25N3O. The molecule has 1 aromatic rings. The molecule has 0 bridgehead atoms. The fourth-order valence-electron chi connectivity index (χ4n) is 3.45. The number of carbonyl (C=O) groups excluding carboxylic acids is 1. The molecule has 0 unspecified atom stereocenters. The van der Waals surface area contributed by atoms with Crippen molar-refractivity contribution in [2.24, 2.45) is 11.8 Å². The maximum absolute atomic E-state index is 12.2. The quantitative estimate of drug-likeness (QED) is 0.930. The lowest BCUT2D eigenvalue weighted by Crippen LogP contribution is -2.50. The number of carbonyl (C=O) groups is 1. The zero-order valence-corrected chi connectivity index (χ0v) is 14.0. The van der Waals surface area contributed by atoms with Crippen LogP contribution in [0.15, 0.2) is 24.3 Å². The van der Waals surface area contributed by atoms with Gasteiger partial charge in [0.1, 0.15) is 0 Å². The molecule has 2 fully saturated rings. The maximum Gasteiger partial charge on any atom is 0.225 e. The van der Waals surface area contributed by atoms with Gasteiger partial charge in [0.05, 0.1) is 11.6 Å². The number of hydrogen-bond acceptors (Lipinski definition) is 3. The Morgan fingerprint density at radius 2 is 2.00 bits per heavy atom. The van der Waals surface area contributed by atoms with Crippen molar-refractivity contribution in [1.82, 2.24) is 10.2 Å². The van der Waals surface area contributed by atoms with Gasteiger partial charge >= 0.3 is 0 Å². The largest absolute Gasteiger partial charge is 0.342 e. The van der Waals surface area contributed by atoms with Crippen LogP contribution in [0, 0.1) is 23.2 Å². The van der Waals surface area contributed by atoms with Crippen molar-refractivity contribution in [2.75, 3.05) is 13.1 Å². The molecule has 1 N–H and O–H groups in total. The Hall–Kier alpha value is -1.86. The lowest BCUT2D eigenvalue weighted by Gasteiger charge is -2.39. The summed E-state index contributed by atoms with van der Waals surface area (Å²) in [4.78, 5) is 14.3. The number of rotatable bonds is 4. The number of nitriles is 1. The summed E-state index contributed by atoms with van der Waals surface area (Å²) in [5.74, 6) is 1.16. The summed E-state index contributed by atoms with van der Waals surface area (Å²) >= 11 is 0. The molecule has 4 nitrogen and oxygen atoms in total. The maximum atomic E-state index is 12.2. The zero-order valence-electron chi connectivity index (χ0n) is 14.0. The average Bonchev–Trinajstić information content (AvgIpc) is 3.41. The number of nitrogens with zero attached hydrogens (tertiary/aromatic N) is 2. The third kappa shape index (κ3) is 3.73. The Morgan fingerprint density at radius 3 is 2.57 bits per heavy atom. The molecule has 3 atom stereocenters. The predicted molar refractivity (Wildman–Crippen MR) is 89.6 cm³/mol. The topological polar surface area (TPSA) is 56.1 Å². The van der Waals surface area contributed by atoms with E-state index in [1.54, 1.807) is 0 Å². The lowest BCUT2D eigenvalue weighted by molar-refractivity contribution is -0.134. The Bertz CT molecular complexity index is 600. The van der Waals surface area contributed by atoms with Crippen molar-refractivity contribution in [2.45, 2.75) is 45.2 Å². The van der Waals surface area contributed by atoms with Crippen LogP contribution in [-0.4, -0.2) is 29.9 Å². The van der Waals surface area contributed by atoms with Gasteiger partial charge in [-0.1, -0.05) is 19.1 Å². The summed E-state index contributed by atoms with van der Waals surface area (Å²) in [6.45, 7) is 6.13. The van der Waals surface area contributed by atoms with Crippen LogP contribution in [0.2, 0.25) is 0 Å². The summed E-state index contributed by atoms with van der Waals surface area (Å²) in [5.41, 5.74) is 1.90. The summed E-state index contributed by atoms with van der Waals surface area (Å²) in [5, 5.41) is 12.6. The summed E-state index contributed by atoms with van der Waals surface area (Å²) in [6.07, 6.45) is 3.18. The molecule has 2 aliphatic rings. The third-order valence-corrected chi connectivity index (χ3v) is 5.15. The Labute approximate surface area is 138 Å². The van der Waals surface area contributed by atoms with E-state index in [1.165, 1.54) is 5.56 Å². The van der Waals surface area contributed by atoms with Crippen LogP contribution in [0.4, 0.5) is 0 Å². The van der Waals surface area contributed by atoms with Crippen LogP contribution >= 0.6 is 0 Å². The molecule has 23 heavy (non-hydrogen) atoms. The van der Waals surface area contributed by atoms with Crippen LogP contribution in [0.1, 0.15) is 50.3 Å². The molecule has 1 saturated heterocycles. The van der Waals surface area contributed by atoms with E-state index in [1.807, 2.05) is 24.3 Å². The standard InChI is InChI=1S/C19H25N3O/c1-13-12-22(19(23)17-7-8-17)10-9-18(13)21-14(2)16-5-3-15(11-20)4-6-16/h3-6,13-14,17-18,21H,7-10,12H2,1-2H3/t13-,14+,18-/m1/s1. The number of hydrogen-bond donors (Lipinski definition) is 1. The number of likely N-dealkylation sites (tertiary alicyclic amines) is 1. The molecule has 1 aliphatic heterocycles. The van der Waals surface area contributed by atoms with Gasteiger partial charge in [-0.15, -0.1) is 0 Å². The second-order valence-electron chi connectivity index (χ2n) is 7.05. The molecule has 1 aromatic carbocycles. The number of nitrogens with one attached hydrogen (secondary N) is 1. The van der Waals surface area contributed by atoms with Crippen molar-refractivity contribution in [3.05, 3.63) is 35.4 Å². The van der Waals surface area contributed by atoms with E-state index in [9.17, 15) is 4.79 Å². The summed E-state index contributed by atoms with van der Waals surface area (Å²) in [7, 11) is 0. The van der Waals surface area contributed by atoms with Crippen LogP contribution < -0.4 is 5.32 Å². The molecule has 3 rings (SSSR count). The van der Waals surface area contributed by atoms with E-state index in [2.05, 4.69) is 30.1 Å². The average molecular weight is 311 g/mol. The van der Waals surface area contributed by atoms with Crippen LogP contribution in [0.3, 0.4) is 0 Å². The van der Waals surface area contributed by atoms with Gasteiger partial charge in [-0.2, -0.15) is 5.26 Å². The first-order valence-electron chi connectivity index (χ1n) is 8.63. The SMILES string of the molecule is C[C@H](N[C@@H]1CCN(C(=O)C2CC2)C[C@H]1C)c1ccc(C#N)cc1. The molecular weight excluding hydrogens is 286 g/mol. The molecule has 0 aromatic heterocycles. The highest BCUT2D eigenvalue weighted by molar-refractivity contribution is 5.81. The minimum atomic E-state index is 0.251. The van der Waals surface area contributed by atoms with Crippen molar-refractivity contribution < 1.29 is 4.79 Å². The lowest BCUT2D eigenvalue weighted by atomic mass is 9.92. The fourth-order valence-corrected chi connectivity index (χ4v) is 3.45. The molecule has 0 spiro atoms. The second-order valence-corrected chi connectivity index (χ2v) is 7.05. The smallest absolute Gasteiger partial charge is 0.225 e. The molecule has 1 amide bonds. The summed E-state index contributed by atoms with van der Waals surface area (Å²) < 4.78 is 0. The molecule has 4 heteroatoms. The van der Waals surface area contributed by atoms with Crippen molar-refractivity contribution in [1.29, 1.82) is 5.26 Å².